The van der Waals surface area contributed by atoms with Crippen LogP contribution in [0.2, 0.25) is 0 Å². The Morgan fingerprint density at radius 1 is 1.06 bits per heavy atom. The largest absolute Gasteiger partial charge is 0.493 e. The van der Waals surface area contributed by atoms with Crippen LogP contribution in [-0.2, 0) is 10.7 Å². The fourth-order valence-electron chi connectivity index (χ4n) is 1.46. The Hall–Kier alpha value is -1.23. The summed E-state index contributed by atoms with van der Waals surface area (Å²) in [7, 11) is 0.224. The van der Waals surface area contributed by atoms with E-state index in [4.69, 9.17) is 24.0 Å². The van der Waals surface area contributed by atoms with Crippen LogP contribution in [0.3, 0.4) is 0 Å². The third kappa shape index (κ3) is 3.63. The van der Waals surface area contributed by atoms with Crippen LogP contribution in [-0.4, -0.2) is 31.1 Å². The predicted molar refractivity (Wildman–Crippen MR) is 61.8 cm³/mol. The summed E-state index contributed by atoms with van der Waals surface area (Å²) in [6.07, 6.45) is -0.371. The highest BCUT2D eigenvalue weighted by atomic mass is 31.2. The van der Waals surface area contributed by atoms with Gasteiger partial charge in [0.1, 0.15) is 0 Å². The van der Waals surface area contributed by atoms with E-state index in [0.717, 1.165) is 0 Å². The maximum absolute atomic E-state index is 10.9. The number of rotatable bonds is 5. The molecule has 1 aromatic carbocycles. The Kier molecular flexibility index (Phi) is 4.40. The summed E-state index contributed by atoms with van der Waals surface area (Å²) in [6, 6.07) is 3.03. The number of hydrogen-bond acceptors (Lipinski definition) is 4. The molecule has 0 amide bonds. The van der Waals surface area contributed by atoms with Crippen molar-refractivity contribution in [1.82, 2.24) is 0 Å². The number of methoxy groups -OCH3 is 3. The lowest BCUT2D eigenvalue weighted by Crippen LogP contribution is -1.97. The highest BCUT2D eigenvalue weighted by Crippen LogP contribution is 2.44. The molecule has 0 aliphatic rings. The van der Waals surface area contributed by atoms with Crippen LogP contribution in [0.15, 0.2) is 12.1 Å². The topological polar surface area (TPSA) is 85.2 Å². The van der Waals surface area contributed by atoms with Gasteiger partial charge in [-0.2, -0.15) is 0 Å². The van der Waals surface area contributed by atoms with Crippen molar-refractivity contribution < 1.29 is 28.6 Å². The second-order valence-corrected chi connectivity index (χ2v) is 5.00. The molecule has 0 spiro atoms. The third-order valence-electron chi connectivity index (χ3n) is 2.11. The molecule has 0 radical (unpaired) electrons. The van der Waals surface area contributed by atoms with Crippen LogP contribution >= 0.6 is 7.60 Å². The summed E-state index contributed by atoms with van der Waals surface area (Å²) >= 11 is 0. The van der Waals surface area contributed by atoms with E-state index in [1.165, 1.54) is 33.5 Å². The molecule has 1 rings (SSSR count). The molecule has 0 saturated heterocycles. The van der Waals surface area contributed by atoms with Crippen molar-refractivity contribution in [1.29, 1.82) is 0 Å². The van der Waals surface area contributed by atoms with Crippen molar-refractivity contribution in [3.63, 3.8) is 0 Å². The molecule has 6 nitrogen and oxygen atoms in total. The number of hydrogen-bond donors (Lipinski definition) is 2. The van der Waals surface area contributed by atoms with E-state index in [2.05, 4.69) is 0 Å². The van der Waals surface area contributed by atoms with Crippen LogP contribution in [0, 0.1) is 0 Å². The molecule has 0 bridgehead atoms. The predicted octanol–water partition coefficient (Wildman–Crippen LogP) is 1.39. The molecule has 2 N–H and O–H groups in total. The van der Waals surface area contributed by atoms with Crippen LogP contribution in [0.25, 0.3) is 0 Å². The monoisotopic (exact) mass is 262 g/mol. The van der Waals surface area contributed by atoms with Crippen molar-refractivity contribution in [2.75, 3.05) is 21.3 Å². The van der Waals surface area contributed by atoms with Gasteiger partial charge in [-0.1, -0.05) is 0 Å². The summed E-state index contributed by atoms with van der Waals surface area (Å²) in [5.74, 6) is 1.13. The molecule has 0 fully saturated rings. The second-order valence-electron chi connectivity index (χ2n) is 3.36. The van der Waals surface area contributed by atoms with Gasteiger partial charge in [0.05, 0.1) is 27.5 Å². The lowest BCUT2D eigenvalue weighted by atomic mass is 10.2. The summed E-state index contributed by atoms with van der Waals surface area (Å²) in [5.41, 5.74) is 0.424. The Bertz CT molecular complexity index is 413. The molecule has 0 unspecified atom stereocenters. The molecule has 0 saturated carbocycles. The molecule has 0 atom stereocenters. The first-order valence-corrected chi connectivity index (χ1v) is 6.54. The highest BCUT2D eigenvalue weighted by molar-refractivity contribution is 7.50. The zero-order chi connectivity index (χ0) is 13.1. The first kappa shape index (κ1) is 13.8. The maximum atomic E-state index is 10.9. The first-order valence-electron chi connectivity index (χ1n) is 4.74. The molecule has 0 heterocycles. The molecule has 1 aromatic rings. The Morgan fingerprint density at radius 2 is 1.53 bits per heavy atom. The van der Waals surface area contributed by atoms with E-state index in [9.17, 15) is 4.57 Å². The summed E-state index contributed by atoms with van der Waals surface area (Å²) in [4.78, 5) is 17.8. The van der Waals surface area contributed by atoms with Crippen LogP contribution in [0.1, 0.15) is 5.56 Å². The van der Waals surface area contributed by atoms with Gasteiger partial charge in [-0.3, -0.25) is 4.57 Å². The van der Waals surface area contributed by atoms with Crippen LogP contribution in [0.4, 0.5) is 0 Å². The average Bonchev–Trinajstić information content (AvgIpc) is 2.25. The van der Waals surface area contributed by atoms with Crippen molar-refractivity contribution in [2.45, 2.75) is 6.16 Å². The van der Waals surface area contributed by atoms with E-state index >= 15 is 0 Å². The van der Waals surface area contributed by atoms with Crippen molar-refractivity contribution >= 4 is 7.60 Å². The van der Waals surface area contributed by atoms with Gasteiger partial charge < -0.3 is 24.0 Å². The van der Waals surface area contributed by atoms with Gasteiger partial charge in [0.2, 0.25) is 5.75 Å². The minimum atomic E-state index is -4.12. The number of ether oxygens (including phenoxy) is 3. The molecule has 17 heavy (non-hydrogen) atoms. The Labute approximate surface area is 99.3 Å². The molecule has 0 aliphatic heterocycles. The van der Waals surface area contributed by atoms with Gasteiger partial charge in [0, 0.05) is 0 Å². The molecule has 96 valence electrons. The van der Waals surface area contributed by atoms with Crippen LogP contribution in [0.5, 0.6) is 17.2 Å². The first-order chi connectivity index (χ1) is 7.91. The fraction of sp³-hybridized carbons (Fsp3) is 0.400. The molecule has 7 heteroatoms. The van der Waals surface area contributed by atoms with Gasteiger partial charge >= 0.3 is 7.60 Å². The summed E-state index contributed by atoms with van der Waals surface area (Å²) in [6.45, 7) is 0. The van der Waals surface area contributed by atoms with E-state index in [1.807, 2.05) is 0 Å². The van der Waals surface area contributed by atoms with Gasteiger partial charge in [-0.15, -0.1) is 0 Å². The zero-order valence-corrected chi connectivity index (χ0v) is 10.7. The standard InChI is InChI=1S/C10H15O6P/c1-14-8-4-7(6-17(11,12)13)5-9(15-2)10(8)16-3/h4-5H,6H2,1-3H3,(H2,11,12,13). The molecular weight excluding hydrogens is 247 g/mol. The quantitative estimate of drug-likeness (QED) is 0.780. The van der Waals surface area contributed by atoms with E-state index < -0.39 is 7.60 Å². The minimum absolute atomic E-state index is 0.371. The van der Waals surface area contributed by atoms with E-state index in [1.54, 1.807) is 0 Å². The summed E-state index contributed by atoms with van der Waals surface area (Å²) < 4.78 is 26.2. The normalized spacial score (nSPS) is 11.1. The second kappa shape index (κ2) is 5.40. The zero-order valence-electron chi connectivity index (χ0n) is 9.84. The van der Waals surface area contributed by atoms with Gasteiger partial charge in [0.15, 0.2) is 11.5 Å². The van der Waals surface area contributed by atoms with Crippen molar-refractivity contribution in [2.24, 2.45) is 0 Å². The lowest BCUT2D eigenvalue weighted by Gasteiger charge is -2.14. The van der Waals surface area contributed by atoms with Crippen molar-refractivity contribution in [3.05, 3.63) is 17.7 Å². The van der Waals surface area contributed by atoms with Gasteiger partial charge in [0.25, 0.3) is 0 Å². The summed E-state index contributed by atoms with van der Waals surface area (Å²) in [5, 5.41) is 0. The van der Waals surface area contributed by atoms with Crippen molar-refractivity contribution in [3.8, 4) is 17.2 Å². The van der Waals surface area contributed by atoms with Crippen LogP contribution < -0.4 is 14.2 Å². The maximum Gasteiger partial charge on any atom is 0.329 e. The average molecular weight is 262 g/mol. The number of benzene rings is 1. The Balaban J connectivity index is 3.22. The van der Waals surface area contributed by atoms with Gasteiger partial charge in [-0.25, -0.2) is 0 Å². The Morgan fingerprint density at radius 3 is 1.82 bits per heavy atom. The SMILES string of the molecule is COc1cc(CP(=O)(O)O)cc(OC)c1OC. The molecular formula is C10H15O6P. The molecule has 0 aromatic heterocycles. The smallest absolute Gasteiger partial charge is 0.329 e. The minimum Gasteiger partial charge on any atom is -0.493 e. The third-order valence-corrected chi connectivity index (χ3v) is 2.89. The van der Waals surface area contributed by atoms with E-state index in [0.29, 0.717) is 22.8 Å². The highest BCUT2D eigenvalue weighted by Gasteiger charge is 2.19. The fourth-order valence-corrected chi connectivity index (χ4v) is 2.12. The van der Waals surface area contributed by atoms with E-state index in [-0.39, 0.29) is 6.16 Å². The lowest BCUT2D eigenvalue weighted by molar-refractivity contribution is 0.323. The van der Waals surface area contributed by atoms with Gasteiger partial charge in [-0.05, 0) is 17.7 Å². The molecule has 0 aliphatic carbocycles.